The van der Waals surface area contributed by atoms with Gasteiger partial charge in [0.15, 0.2) is 0 Å². The quantitative estimate of drug-likeness (QED) is 0.366. The molecule has 0 amide bonds. The van der Waals surface area contributed by atoms with E-state index in [1.165, 1.54) is 5.57 Å². The normalized spacial score (nSPS) is 27.8. The molecule has 64 valence electrons. The number of ether oxygens (including phenoxy) is 1. The maximum Gasteiger partial charge on any atom is 0.0885 e. The van der Waals surface area contributed by atoms with Gasteiger partial charge in [0, 0.05) is 21.8 Å². The third-order valence-corrected chi connectivity index (χ3v) is 2.93. The molecule has 0 aromatic heterocycles. The standard InChI is InChI=1S/C8H14O2S/c1-7(2)5-10-4-3-8-6-11(8)9/h5,8H,3-4,6H2,1-2H3. The molecule has 0 bridgehead atoms. The van der Waals surface area contributed by atoms with Crippen molar-refractivity contribution in [1.29, 1.82) is 0 Å². The van der Waals surface area contributed by atoms with E-state index in [4.69, 9.17) is 4.74 Å². The Labute approximate surface area is 70.1 Å². The highest BCUT2D eigenvalue weighted by molar-refractivity contribution is 7.92. The molecule has 0 aliphatic carbocycles. The van der Waals surface area contributed by atoms with Crippen LogP contribution in [0, 0.1) is 0 Å². The summed E-state index contributed by atoms with van der Waals surface area (Å²) < 4.78 is 15.9. The van der Waals surface area contributed by atoms with Crippen LogP contribution in [0.15, 0.2) is 11.8 Å². The summed E-state index contributed by atoms with van der Waals surface area (Å²) in [6.07, 6.45) is 2.70. The molecule has 1 saturated heterocycles. The largest absolute Gasteiger partial charge is 0.501 e. The molecule has 0 radical (unpaired) electrons. The summed E-state index contributed by atoms with van der Waals surface area (Å²) in [5.74, 6) is 0.887. The van der Waals surface area contributed by atoms with Crippen LogP contribution in [0.3, 0.4) is 0 Å². The van der Waals surface area contributed by atoms with Gasteiger partial charge in [-0.15, -0.1) is 0 Å². The van der Waals surface area contributed by atoms with Crippen LogP contribution >= 0.6 is 0 Å². The third-order valence-electron chi connectivity index (χ3n) is 1.48. The summed E-state index contributed by atoms with van der Waals surface area (Å²) in [4.78, 5) is 0. The molecule has 1 aliphatic heterocycles. The van der Waals surface area contributed by atoms with E-state index in [0.29, 0.717) is 11.9 Å². The number of hydrogen-bond donors (Lipinski definition) is 0. The van der Waals surface area contributed by atoms with Gasteiger partial charge in [0.25, 0.3) is 0 Å². The molecule has 1 heterocycles. The zero-order valence-electron chi connectivity index (χ0n) is 7.00. The molecule has 1 rings (SSSR count). The highest BCUT2D eigenvalue weighted by atomic mass is 32.2. The Kier molecular flexibility index (Phi) is 3.12. The van der Waals surface area contributed by atoms with E-state index in [0.717, 1.165) is 12.2 Å². The lowest BCUT2D eigenvalue weighted by atomic mass is 10.3. The molecular formula is C8H14O2S. The van der Waals surface area contributed by atoms with E-state index in [9.17, 15) is 4.21 Å². The maximum atomic E-state index is 10.7. The second kappa shape index (κ2) is 3.90. The van der Waals surface area contributed by atoms with Gasteiger partial charge < -0.3 is 4.74 Å². The smallest absolute Gasteiger partial charge is 0.0885 e. The summed E-state index contributed by atoms with van der Waals surface area (Å²) in [6.45, 7) is 4.70. The number of hydrogen-bond acceptors (Lipinski definition) is 2. The van der Waals surface area contributed by atoms with E-state index < -0.39 is 10.8 Å². The number of rotatable bonds is 4. The van der Waals surface area contributed by atoms with Crippen molar-refractivity contribution in [2.45, 2.75) is 25.5 Å². The Morgan fingerprint density at radius 1 is 1.73 bits per heavy atom. The minimum atomic E-state index is -0.514. The second-order valence-corrected chi connectivity index (χ2v) is 4.79. The minimum Gasteiger partial charge on any atom is -0.501 e. The van der Waals surface area contributed by atoms with E-state index in [2.05, 4.69) is 0 Å². The summed E-state index contributed by atoms with van der Waals surface area (Å²) in [5.41, 5.74) is 1.17. The lowest BCUT2D eigenvalue weighted by Gasteiger charge is -1.97. The van der Waals surface area contributed by atoms with E-state index >= 15 is 0 Å². The first-order valence-corrected chi connectivity index (χ1v) is 5.20. The Hall–Kier alpha value is -0.310. The van der Waals surface area contributed by atoms with Crippen molar-refractivity contribution in [3.05, 3.63) is 11.8 Å². The molecule has 2 nitrogen and oxygen atoms in total. The Morgan fingerprint density at radius 3 is 2.82 bits per heavy atom. The molecule has 1 aliphatic rings. The first-order chi connectivity index (χ1) is 5.20. The molecule has 2 unspecified atom stereocenters. The van der Waals surface area contributed by atoms with Crippen molar-refractivity contribution < 1.29 is 8.95 Å². The second-order valence-electron chi connectivity index (χ2n) is 3.02. The van der Waals surface area contributed by atoms with Gasteiger partial charge in [-0.05, 0) is 25.8 Å². The summed E-state index contributed by atoms with van der Waals surface area (Å²) in [5, 5.41) is 0.431. The van der Waals surface area contributed by atoms with Crippen LogP contribution in [-0.4, -0.2) is 21.8 Å². The molecule has 3 heteroatoms. The lowest BCUT2D eigenvalue weighted by Crippen LogP contribution is -1.94. The van der Waals surface area contributed by atoms with Crippen molar-refractivity contribution in [2.75, 3.05) is 12.4 Å². The van der Waals surface area contributed by atoms with Crippen LogP contribution in [0.1, 0.15) is 20.3 Å². The molecule has 2 atom stereocenters. The molecule has 0 N–H and O–H groups in total. The number of allylic oxidation sites excluding steroid dienone is 1. The van der Waals surface area contributed by atoms with Crippen molar-refractivity contribution in [3.63, 3.8) is 0 Å². The predicted molar refractivity (Wildman–Crippen MR) is 46.8 cm³/mol. The molecule has 1 fully saturated rings. The molecule has 0 aromatic rings. The van der Waals surface area contributed by atoms with Gasteiger partial charge in [-0.2, -0.15) is 0 Å². The predicted octanol–water partition coefficient (Wildman–Crippen LogP) is 1.45. The van der Waals surface area contributed by atoms with Crippen molar-refractivity contribution in [2.24, 2.45) is 0 Å². The van der Waals surface area contributed by atoms with Crippen LogP contribution in [0.25, 0.3) is 0 Å². The van der Waals surface area contributed by atoms with Crippen LogP contribution in [0.5, 0.6) is 0 Å². The first kappa shape index (κ1) is 8.78. The zero-order chi connectivity index (χ0) is 8.27. The fraction of sp³-hybridized carbons (Fsp3) is 0.750. The Balaban J connectivity index is 1.97. The molecular weight excluding hydrogens is 160 g/mol. The van der Waals surface area contributed by atoms with E-state index in [1.807, 2.05) is 13.8 Å². The SMILES string of the molecule is CC(C)=COCCC1CS1=O. The highest BCUT2D eigenvalue weighted by Gasteiger charge is 2.32. The molecule has 0 spiro atoms. The summed E-state index contributed by atoms with van der Waals surface area (Å²) in [7, 11) is -0.514. The topological polar surface area (TPSA) is 26.3 Å². The van der Waals surface area contributed by atoms with Crippen molar-refractivity contribution in [1.82, 2.24) is 0 Å². The first-order valence-electron chi connectivity index (χ1n) is 3.82. The average molecular weight is 174 g/mol. The van der Waals surface area contributed by atoms with Gasteiger partial charge in [0.05, 0.1) is 12.9 Å². The highest BCUT2D eigenvalue weighted by Crippen LogP contribution is 2.18. The summed E-state index contributed by atoms with van der Waals surface area (Å²) in [6, 6.07) is 0. The van der Waals surface area contributed by atoms with Gasteiger partial charge in [0.2, 0.25) is 0 Å². The van der Waals surface area contributed by atoms with Gasteiger partial charge in [-0.1, -0.05) is 0 Å². The molecule has 0 aromatic carbocycles. The average Bonchev–Trinajstić information content (AvgIpc) is 2.59. The van der Waals surface area contributed by atoms with Gasteiger partial charge in [0.1, 0.15) is 0 Å². The fourth-order valence-electron chi connectivity index (χ4n) is 0.784. The van der Waals surface area contributed by atoms with Crippen LogP contribution < -0.4 is 0 Å². The van der Waals surface area contributed by atoms with Crippen LogP contribution in [0.2, 0.25) is 0 Å². The van der Waals surface area contributed by atoms with Crippen molar-refractivity contribution in [3.8, 4) is 0 Å². The Bertz CT molecular complexity index is 183. The molecule has 11 heavy (non-hydrogen) atoms. The van der Waals surface area contributed by atoms with Gasteiger partial charge >= 0.3 is 0 Å². The minimum absolute atomic E-state index is 0.431. The van der Waals surface area contributed by atoms with Crippen LogP contribution in [0.4, 0.5) is 0 Å². The van der Waals surface area contributed by atoms with E-state index in [1.54, 1.807) is 6.26 Å². The van der Waals surface area contributed by atoms with Gasteiger partial charge in [-0.3, -0.25) is 4.21 Å². The summed E-state index contributed by atoms with van der Waals surface area (Å²) >= 11 is 0. The van der Waals surface area contributed by atoms with Crippen molar-refractivity contribution >= 4 is 10.8 Å². The maximum absolute atomic E-state index is 10.7. The third kappa shape index (κ3) is 3.56. The Morgan fingerprint density at radius 2 is 2.36 bits per heavy atom. The monoisotopic (exact) mass is 174 g/mol. The van der Waals surface area contributed by atoms with Gasteiger partial charge in [-0.25, -0.2) is 0 Å². The lowest BCUT2D eigenvalue weighted by molar-refractivity contribution is 0.244. The molecule has 0 saturated carbocycles. The van der Waals surface area contributed by atoms with Crippen LogP contribution in [-0.2, 0) is 15.5 Å². The van der Waals surface area contributed by atoms with E-state index in [-0.39, 0.29) is 0 Å². The zero-order valence-corrected chi connectivity index (χ0v) is 7.82. The fourth-order valence-corrected chi connectivity index (χ4v) is 1.76.